The molecule has 1 spiro atoms. The molecule has 5 nitrogen and oxygen atoms in total. The summed E-state index contributed by atoms with van der Waals surface area (Å²) >= 11 is 0. The summed E-state index contributed by atoms with van der Waals surface area (Å²) in [6, 6.07) is 0. The average molecular weight is 391 g/mol. The maximum atomic E-state index is 12.5. The first-order valence-electron chi connectivity index (χ1n) is 11.0. The van der Waals surface area contributed by atoms with Crippen LogP contribution in [0.4, 0.5) is 0 Å². The van der Waals surface area contributed by atoms with Crippen LogP contribution in [0.25, 0.3) is 0 Å². The van der Waals surface area contributed by atoms with Crippen molar-refractivity contribution in [2.45, 2.75) is 89.1 Å². The summed E-state index contributed by atoms with van der Waals surface area (Å²) in [5, 5.41) is 23.5. The van der Waals surface area contributed by atoms with Gasteiger partial charge in [0.15, 0.2) is 5.79 Å². The van der Waals surface area contributed by atoms with Crippen molar-refractivity contribution in [2.75, 3.05) is 13.2 Å². The van der Waals surface area contributed by atoms with E-state index in [1.165, 1.54) is 0 Å². The normalized spacial score (nSPS) is 49.2. The van der Waals surface area contributed by atoms with Gasteiger partial charge < -0.3 is 19.7 Å². The second kappa shape index (κ2) is 5.69. The van der Waals surface area contributed by atoms with Gasteiger partial charge in [0.1, 0.15) is 17.0 Å². The van der Waals surface area contributed by atoms with E-state index in [9.17, 15) is 15.0 Å². The highest BCUT2D eigenvalue weighted by atomic mass is 16.7. The molecule has 0 aromatic rings. The molecule has 4 fully saturated rings. The highest BCUT2D eigenvalue weighted by Gasteiger charge is 2.66. The first kappa shape index (κ1) is 19.2. The highest BCUT2D eigenvalue weighted by molar-refractivity contribution is 5.87. The van der Waals surface area contributed by atoms with Gasteiger partial charge in [0, 0.05) is 30.1 Å². The first-order valence-corrected chi connectivity index (χ1v) is 11.0. The Bertz CT molecular complexity index is 731. The Balaban J connectivity index is 1.45. The van der Waals surface area contributed by atoms with Gasteiger partial charge in [-0.25, -0.2) is 0 Å². The molecule has 156 valence electrons. The number of hydrogen-bond acceptors (Lipinski definition) is 5. The Morgan fingerprint density at radius 2 is 1.75 bits per heavy atom. The number of rotatable bonds is 0. The molecule has 0 bridgehead atoms. The van der Waals surface area contributed by atoms with E-state index in [1.807, 2.05) is 0 Å². The Morgan fingerprint density at radius 3 is 2.46 bits per heavy atom. The lowest BCUT2D eigenvalue weighted by Gasteiger charge is -2.61. The minimum absolute atomic E-state index is 0.0232. The largest absolute Gasteiger partial charge is 0.386 e. The molecule has 1 saturated heterocycles. The number of carbonyl (C=O) groups excluding carboxylic acids is 1. The Labute approximate surface area is 167 Å². The molecular weight excluding hydrogens is 356 g/mol. The molecule has 0 aromatic heterocycles. The van der Waals surface area contributed by atoms with E-state index < -0.39 is 17.0 Å². The summed E-state index contributed by atoms with van der Waals surface area (Å²) in [5.74, 6) is 0.0927. The zero-order valence-corrected chi connectivity index (χ0v) is 17.4. The van der Waals surface area contributed by atoms with Gasteiger partial charge in [-0.2, -0.15) is 0 Å². The molecule has 4 aliphatic carbocycles. The van der Waals surface area contributed by atoms with Crippen LogP contribution in [0.5, 0.6) is 0 Å². The van der Waals surface area contributed by atoms with Crippen LogP contribution in [-0.4, -0.2) is 46.2 Å². The number of fused-ring (bicyclic) bond motifs is 5. The molecule has 28 heavy (non-hydrogen) atoms. The molecule has 0 aromatic carbocycles. The lowest BCUT2D eigenvalue weighted by molar-refractivity contribution is -0.349. The maximum absolute atomic E-state index is 12.5. The molecule has 3 saturated carbocycles. The monoisotopic (exact) mass is 390 g/mol. The van der Waals surface area contributed by atoms with Crippen molar-refractivity contribution < 1.29 is 24.5 Å². The van der Waals surface area contributed by atoms with Crippen LogP contribution in [0.3, 0.4) is 0 Å². The average Bonchev–Trinajstić information content (AvgIpc) is 2.94. The number of Topliss-reactive ketones (excluding diaryl/α,β-unsaturated/α-hetero) is 1. The molecule has 0 radical (unpaired) electrons. The predicted octanol–water partition coefficient (Wildman–Crippen LogP) is 3.13. The fourth-order valence-corrected chi connectivity index (χ4v) is 6.90. The molecule has 0 amide bonds. The van der Waals surface area contributed by atoms with Crippen molar-refractivity contribution in [3.63, 3.8) is 0 Å². The quantitative estimate of drug-likeness (QED) is 0.622. The minimum Gasteiger partial charge on any atom is -0.386 e. The summed E-state index contributed by atoms with van der Waals surface area (Å²) in [4.78, 5) is 12.5. The van der Waals surface area contributed by atoms with Gasteiger partial charge in [-0.15, -0.1) is 0 Å². The van der Waals surface area contributed by atoms with Gasteiger partial charge in [0.05, 0.1) is 13.2 Å². The fourth-order valence-electron chi connectivity index (χ4n) is 6.90. The molecule has 5 rings (SSSR count). The van der Waals surface area contributed by atoms with E-state index in [0.717, 1.165) is 18.4 Å². The predicted molar refractivity (Wildman–Crippen MR) is 103 cm³/mol. The summed E-state index contributed by atoms with van der Waals surface area (Å²) in [6.45, 7) is 7.55. The molecule has 5 aliphatic rings. The van der Waals surface area contributed by atoms with Crippen LogP contribution in [0, 0.1) is 22.7 Å². The first-order chi connectivity index (χ1) is 13.0. The molecule has 1 aliphatic heterocycles. The van der Waals surface area contributed by atoms with Crippen molar-refractivity contribution in [1.82, 2.24) is 0 Å². The summed E-state index contributed by atoms with van der Waals surface area (Å²) < 4.78 is 12.3. The lowest BCUT2D eigenvalue weighted by Crippen LogP contribution is -2.68. The van der Waals surface area contributed by atoms with E-state index in [2.05, 4.69) is 26.8 Å². The summed E-state index contributed by atoms with van der Waals surface area (Å²) in [5.41, 5.74) is -1.77. The van der Waals surface area contributed by atoms with Crippen molar-refractivity contribution in [3.05, 3.63) is 11.6 Å². The zero-order chi connectivity index (χ0) is 20.0. The smallest absolute Gasteiger partial charge is 0.171 e. The Morgan fingerprint density at radius 1 is 1.04 bits per heavy atom. The van der Waals surface area contributed by atoms with Crippen LogP contribution >= 0.6 is 0 Å². The van der Waals surface area contributed by atoms with E-state index in [0.29, 0.717) is 63.4 Å². The maximum Gasteiger partial charge on any atom is 0.171 e. The molecule has 2 N–H and O–H groups in total. The van der Waals surface area contributed by atoms with Crippen LogP contribution in [-0.2, 0) is 14.3 Å². The SMILES string of the molecule is CC1(C)COC2(CC[C@]3(O)C4=CC[C@]5(C)C(=O)CCC5C4CC[C@@]3(O)C2)OC1. The number of aliphatic hydroxyl groups is 2. The van der Waals surface area contributed by atoms with Gasteiger partial charge in [0.2, 0.25) is 0 Å². The van der Waals surface area contributed by atoms with E-state index >= 15 is 0 Å². The minimum atomic E-state index is -1.23. The van der Waals surface area contributed by atoms with Gasteiger partial charge in [-0.3, -0.25) is 4.79 Å². The standard InChI is InChI=1S/C23H34O5/c1-19(2)13-27-22(28-14-19)10-11-23(26)17-7-8-20(3)16(4-5-18(20)24)15(17)6-9-21(23,25)12-22/h7,15-16,25-26H,4-6,8-14H2,1-3H3/t15?,16?,20-,21+,23-/m0/s1. The summed E-state index contributed by atoms with van der Waals surface area (Å²) in [7, 11) is 0. The number of allylic oxidation sites excluding steroid dienone is 1. The third-order valence-electron chi connectivity index (χ3n) is 8.77. The van der Waals surface area contributed by atoms with Crippen LogP contribution < -0.4 is 0 Å². The second-order valence-electron chi connectivity index (χ2n) is 11.2. The fraction of sp³-hybridized carbons (Fsp3) is 0.870. The van der Waals surface area contributed by atoms with Crippen LogP contribution in [0.1, 0.15) is 72.1 Å². The molecule has 1 heterocycles. The topological polar surface area (TPSA) is 76.0 Å². The number of hydrogen-bond donors (Lipinski definition) is 2. The highest BCUT2D eigenvalue weighted by Crippen LogP contribution is 2.62. The Kier molecular flexibility index (Phi) is 3.90. The van der Waals surface area contributed by atoms with E-state index in [1.54, 1.807) is 0 Å². The van der Waals surface area contributed by atoms with Crippen molar-refractivity contribution in [3.8, 4) is 0 Å². The third kappa shape index (κ3) is 2.43. The zero-order valence-electron chi connectivity index (χ0n) is 17.4. The van der Waals surface area contributed by atoms with Gasteiger partial charge in [0.25, 0.3) is 0 Å². The van der Waals surface area contributed by atoms with Crippen LogP contribution in [0.2, 0.25) is 0 Å². The molecule has 2 unspecified atom stereocenters. The number of ketones is 1. The number of carbonyl (C=O) groups is 1. The van der Waals surface area contributed by atoms with Gasteiger partial charge in [-0.1, -0.05) is 26.8 Å². The van der Waals surface area contributed by atoms with E-state index in [-0.39, 0.29) is 16.7 Å². The van der Waals surface area contributed by atoms with Crippen molar-refractivity contribution in [2.24, 2.45) is 22.7 Å². The van der Waals surface area contributed by atoms with Crippen molar-refractivity contribution >= 4 is 5.78 Å². The lowest BCUT2D eigenvalue weighted by atomic mass is 9.51. The van der Waals surface area contributed by atoms with E-state index in [4.69, 9.17) is 9.47 Å². The third-order valence-corrected chi connectivity index (χ3v) is 8.77. The second-order valence-corrected chi connectivity index (χ2v) is 11.2. The molecule has 5 heteroatoms. The number of ether oxygens (including phenoxy) is 2. The van der Waals surface area contributed by atoms with Gasteiger partial charge >= 0.3 is 0 Å². The Hall–Kier alpha value is -0.750. The summed E-state index contributed by atoms with van der Waals surface area (Å²) in [6.07, 6.45) is 7.06. The van der Waals surface area contributed by atoms with Crippen molar-refractivity contribution in [1.29, 1.82) is 0 Å². The molecule has 5 atom stereocenters. The molecular formula is C23H34O5. The van der Waals surface area contributed by atoms with Gasteiger partial charge in [-0.05, 0) is 49.5 Å². The van der Waals surface area contributed by atoms with Crippen LogP contribution in [0.15, 0.2) is 11.6 Å².